The van der Waals surface area contributed by atoms with Crippen LogP contribution in [0.4, 0.5) is 0 Å². The van der Waals surface area contributed by atoms with Crippen LogP contribution in [0, 0.1) is 5.41 Å². The minimum atomic E-state index is -0.254. The van der Waals surface area contributed by atoms with E-state index in [0.717, 1.165) is 38.8 Å². The van der Waals surface area contributed by atoms with E-state index >= 15 is 0 Å². The molecule has 0 aromatic heterocycles. The zero-order valence-corrected chi connectivity index (χ0v) is 13.1. The number of hydrogen-bond acceptors (Lipinski definition) is 4. The summed E-state index contributed by atoms with van der Waals surface area (Å²) >= 11 is 0. The maximum absolute atomic E-state index is 12.7. The standard InChI is InChI=1S/C15H26N2O4/c1-20-11-10-17-9-6-15(14(17)19)4-3-7-16(8-5-15)13(18)12-21-2/h3-12H2,1-2H3/t15-/m0/s1. The molecule has 2 saturated heterocycles. The van der Waals surface area contributed by atoms with Crippen LogP contribution >= 0.6 is 0 Å². The molecule has 0 saturated carbocycles. The second kappa shape index (κ2) is 7.22. The van der Waals surface area contributed by atoms with E-state index in [4.69, 9.17) is 9.47 Å². The number of amides is 2. The number of carbonyl (C=O) groups is 2. The summed E-state index contributed by atoms with van der Waals surface area (Å²) in [5.74, 6) is 0.275. The Morgan fingerprint density at radius 3 is 2.62 bits per heavy atom. The van der Waals surface area contributed by atoms with Crippen molar-refractivity contribution in [3.63, 3.8) is 0 Å². The van der Waals surface area contributed by atoms with Crippen molar-refractivity contribution in [2.45, 2.75) is 25.7 Å². The maximum Gasteiger partial charge on any atom is 0.248 e. The molecule has 6 heteroatoms. The first kappa shape index (κ1) is 16.2. The summed E-state index contributed by atoms with van der Waals surface area (Å²) in [5, 5.41) is 0. The number of rotatable bonds is 5. The zero-order valence-electron chi connectivity index (χ0n) is 13.1. The lowest BCUT2D eigenvalue weighted by Crippen LogP contribution is -2.38. The Morgan fingerprint density at radius 2 is 1.90 bits per heavy atom. The minimum Gasteiger partial charge on any atom is -0.383 e. The molecule has 0 aromatic rings. The summed E-state index contributed by atoms with van der Waals surface area (Å²) < 4.78 is 9.98. The van der Waals surface area contributed by atoms with Gasteiger partial charge in [-0.1, -0.05) is 0 Å². The fourth-order valence-corrected chi connectivity index (χ4v) is 3.43. The van der Waals surface area contributed by atoms with Crippen molar-refractivity contribution >= 4 is 11.8 Å². The highest BCUT2D eigenvalue weighted by Crippen LogP contribution is 2.41. The summed E-state index contributed by atoms with van der Waals surface area (Å²) in [5.41, 5.74) is -0.254. The quantitative estimate of drug-likeness (QED) is 0.742. The molecule has 1 spiro atoms. The van der Waals surface area contributed by atoms with Gasteiger partial charge in [-0.2, -0.15) is 0 Å². The largest absolute Gasteiger partial charge is 0.383 e. The van der Waals surface area contributed by atoms with Crippen LogP contribution in [0.1, 0.15) is 25.7 Å². The van der Waals surface area contributed by atoms with Gasteiger partial charge in [-0.15, -0.1) is 0 Å². The fraction of sp³-hybridized carbons (Fsp3) is 0.867. The fourth-order valence-electron chi connectivity index (χ4n) is 3.43. The van der Waals surface area contributed by atoms with Gasteiger partial charge < -0.3 is 19.3 Å². The van der Waals surface area contributed by atoms with Gasteiger partial charge in [-0.25, -0.2) is 0 Å². The molecule has 0 aromatic carbocycles. The molecule has 0 N–H and O–H groups in total. The van der Waals surface area contributed by atoms with Crippen molar-refractivity contribution in [3.05, 3.63) is 0 Å². The number of likely N-dealkylation sites (tertiary alicyclic amines) is 2. The van der Waals surface area contributed by atoms with Crippen molar-refractivity contribution in [3.8, 4) is 0 Å². The third-order valence-corrected chi connectivity index (χ3v) is 4.73. The van der Waals surface area contributed by atoms with Crippen LogP contribution in [0.3, 0.4) is 0 Å². The molecule has 0 radical (unpaired) electrons. The summed E-state index contributed by atoms with van der Waals surface area (Å²) in [6.07, 6.45) is 3.44. The van der Waals surface area contributed by atoms with Gasteiger partial charge in [0.2, 0.25) is 11.8 Å². The minimum absolute atomic E-state index is 0.0243. The van der Waals surface area contributed by atoms with Gasteiger partial charge in [0.05, 0.1) is 12.0 Å². The van der Waals surface area contributed by atoms with Gasteiger partial charge in [0.15, 0.2) is 0 Å². The van der Waals surface area contributed by atoms with E-state index in [1.54, 1.807) is 7.11 Å². The van der Waals surface area contributed by atoms with Crippen molar-refractivity contribution in [2.24, 2.45) is 5.41 Å². The highest BCUT2D eigenvalue weighted by molar-refractivity contribution is 5.85. The van der Waals surface area contributed by atoms with E-state index in [1.165, 1.54) is 7.11 Å². The highest BCUT2D eigenvalue weighted by atomic mass is 16.5. The Labute approximate surface area is 126 Å². The highest BCUT2D eigenvalue weighted by Gasteiger charge is 2.46. The van der Waals surface area contributed by atoms with Crippen LogP contribution in [0.2, 0.25) is 0 Å². The van der Waals surface area contributed by atoms with Gasteiger partial charge in [-0.3, -0.25) is 9.59 Å². The first-order valence-corrected chi connectivity index (χ1v) is 7.68. The van der Waals surface area contributed by atoms with Gasteiger partial charge in [0.1, 0.15) is 6.61 Å². The van der Waals surface area contributed by atoms with Crippen molar-refractivity contribution in [2.75, 3.05) is 53.6 Å². The van der Waals surface area contributed by atoms with Crippen molar-refractivity contribution < 1.29 is 19.1 Å². The van der Waals surface area contributed by atoms with Gasteiger partial charge in [0, 0.05) is 40.4 Å². The smallest absolute Gasteiger partial charge is 0.248 e. The lowest BCUT2D eigenvalue weighted by atomic mass is 9.79. The second-order valence-electron chi connectivity index (χ2n) is 5.98. The summed E-state index contributed by atoms with van der Waals surface area (Å²) in [6, 6.07) is 0. The topological polar surface area (TPSA) is 59.1 Å². The molecule has 0 aliphatic carbocycles. The predicted octanol–water partition coefficient (Wildman–Crippen LogP) is 0.510. The van der Waals surface area contributed by atoms with Gasteiger partial charge >= 0.3 is 0 Å². The van der Waals surface area contributed by atoms with E-state index in [-0.39, 0.29) is 23.8 Å². The van der Waals surface area contributed by atoms with E-state index in [2.05, 4.69) is 0 Å². The Hall–Kier alpha value is -1.14. The molecule has 1 atom stereocenters. The van der Waals surface area contributed by atoms with Crippen LogP contribution in [0.15, 0.2) is 0 Å². The normalized spacial score (nSPS) is 26.5. The van der Waals surface area contributed by atoms with Crippen LogP contribution in [0.25, 0.3) is 0 Å². The molecule has 0 bridgehead atoms. The van der Waals surface area contributed by atoms with Crippen LogP contribution < -0.4 is 0 Å². The van der Waals surface area contributed by atoms with Gasteiger partial charge in [0.25, 0.3) is 0 Å². The molecule has 21 heavy (non-hydrogen) atoms. The lowest BCUT2D eigenvalue weighted by Gasteiger charge is -2.26. The van der Waals surface area contributed by atoms with E-state index in [9.17, 15) is 9.59 Å². The van der Waals surface area contributed by atoms with E-state index < -0.39 is 0 Å². The molecule has 2 fully saturated rings. The first-order chi connectivity index (χ1) is 10.1. The molecular formula is C15H26N2O4. The van der Waals surface area contributed by atoms with Crippen LogP contribution in [-0.2, 0) is 19.1 Å². The monoisotopic (exact) mass is 298 g/mol. The third-order valence-electron chi connectivity index (χ3n) is 4.73. The van der Waals surface area contributed by atoms with Crippen LogP contribution in [-0.4, -0.2) is 75.2 Å². The predicted molar refractivity (Wildman–Crippen MR) is 77.8 cm³/mol. The Balaban J connectivity index is 1.96. The number of nitrogens with zero attached hydrogens (tertiary/aromatic N) is 2. The number of ether oxygens (including phenoxy) is 2. The SMILES string of the molecule is COCCN1CC[C@@]2(CCCN(C(=O)COC)CC2)C1=O. The molecular weight excluding hydrogens is 272 g/mol. The van der Waals surface area contributed by atoms with E-state index in [0.29, 0.717) is 19.7 Å². The molecule has 6 nitrogen and oxygen atoms in total. The number of methoxy groups -OCH3 is 2. The van der Waals surface area contributed by atoms with Crippen molar-refractivity contribution in [1.29, 1.82) is 0 Å². The first-order valence-electron chi connectivity index (χ1n) is 7.68. The molecule has 0 unspecified atom stereocenters. The maximum atomic E-state index is 12.7. The number of hydrogen-bond donors (Lipinski definition) is 0. The summed E-state index contributed by atoms with van der Waals surface area (Å²) in [6.45, 7) is 3.58. The molecule has 2 heterocycles. The molecule has 2 aliphatic heterocycles. The van der Waals surface area contributed by atoms with Gasteiger partial charge in [-0.05, 0) is 25.7 Å². The summed E-state index contributed by atoms with van der Waals surface area (Å²) in [4.78, 5) is 28.4. The zero-order chi connectivity index (χ0) is 15.3. The number of carbonyl (C=O) groups excluding carboxylic acids is 2. The van der Waals surface area contributed by atoms with Crippen molar-refractivity contribution in [1.82, 2.24) is 9.80 Å². The second-order valence-corrected chi connectivity index (χ2v) is 5.98. The lowest BCUT2D eigenvalue weighted by molar-refractivity contribution is -0.138. The van der Waals surface area contributed by atoms with E-state index in [1.807, 2.05) is 9.80 Å². The Kier molecular flexibility index (Phi) is 5.58. The summed E-state index contributed by atoms with van der Waals surface area (Å²) in [7, 11) is 3.19. The molecule has 2 aliphatic rings. The average Bonchev–Trinajstić information content (AvgIpc) is 2.66. The molecule has 2 amide bonds. The Bertz CT molecular complexity index is 388. The average molecular weight is 298 g/mol. The Morgan fingerprint density at radius 1 is 1.14 bits per heavy atom. The van der Waals surface area contributed by atoms with Crippen LogP contribution in [0.5, 0.6) is 0 Å². The molecule has 2 rings (SSSR count). The third kappa shape index (κ3) is 3.55. The molecule has 120 valence electrons.